The zero-order valence-corrected chi connectivity index (χ0v) is 19.9. The van der Waals surface area contributed by atoms with Gasteiger partial charge in [0.05, 0.1) is 13.2 Å². The third-order valence-corrected chi connectivity index (χ3v) is 5.48. The molecule has 172 valence electrons. The molecule has 0 rings (SSSR count). The minimum absolute atomic E-state index is 0.387. The van der Waals surface area contributed by atoms with Crippen molar-refractivity contribution in [2.24, 2.45) is 5.41 Å². The third kappa shape index (κ3) is 15.4. The molecular weight excluding hydrogens is 364 g/mol. The van der Waals surface area contributed by atoms with Gasteiger partial charge in [-0.2, -0.15) is 0 Å². The molecule has 0 aliphatic heterocycles. The molecule has 4 nitrogen and oxygen atoms in total. The van der Waals surface area contributed by atoms with Gasteiger partial charge in [-0.3, -0.25) is 9.59 Å². The summed E-state index contributed by atoms with van der Waals surface area (Å²) >= 11 is 0. The van der Waals surface area contributed by atoms with Crippen LogP contribution in [-0.2, 0) is 19.1 Å². The topological polar surface area (TPSA) is 52.6 Å². The van der Waals surface area contributed by atoms with E-state index in [2.05, 4.69) is 13.8 Å². The van der Waals surface area contributed by atoms with Crippen LogP contribution in [0.5, 0.6) is 0 Å². The molecule has 0 aliphatic carbocycles. The highest BCUT2D eigenvalue weighted by molar-refractivity contribution is 5.99. The average molecular weight is 413 g/mol. The van der Waals surface area contributed by atoms with Gasteiger partial charge >= 0.3 is 11.9 Å². The average Bonchev–Trinajstić information content (AvgIpc) is 2.70. The summed E-state index contributed by atoms with van der Waals surface area (Å²) in [6, 6.07) is 0. The molecule has 0 fully saturated rings. The quantitative estimate of drug-likeness (QED) is 0.119. The predicted octanol–water partition coefficient (Wildman–Crippen LogP) is 7.38. The van der Waals surface area contributed by atoms with Crippen molar-refractivity contribution in [3.05, 3.63) is 0 Å². The van der Waals surface area contributed by atoms with Crippen molar-refractivity contribution in [1.29, 1.82) is 0 Å². The SMILES string of the molecule is CCCCCCCCCCCCCOC(=O)C(C)(C)C(=O)OCCCCCCC. The van der Waals surface area contributed by atoms with E-state index in [1.165, 1.54) is 77.0 Å². The number of rotatable bonds is 20. The Hall–Kier alpha value is -1.06. The van der Waals surface area contributed by atoms with Gasteiger partial charge in [-0.25, -0.2) is 0 Å². The maximum absolute atomic E-state index is 12.2. The van der Waals surface area contributed by atoms with E-state index < -0.39 is 17.4 Å². The first-order valence-electron chi connectivity index (χ1n) is 12.3. The highest BCUT2D eigenvalue weighted by Crippen LogP contribution is 2.20. The summed E-state index contributed by atoms with van der Waals surface area (Å²) in [7, 11) is 0. The molecule has 0 saturated heterocycles. The van der Waals surface area contributed by atoms with E-state index in [0.29, 0.717) is 13.2 Å². The molecule has 0 saturated carbocycles. The van der Waals surface area contributed by atoms with Gasteiger partial charge in [0.1, 0.15) is 0 Å². The molecule has 0 amide bonds. The largest absolute Gasteiger partial charge is 0.465 e. The predicted molar refractivity (Wildman–Crippen MR) is 121 cm³/mol. The lowest BCUT2D eigenvalue weighted by Crippen LogP contribution is -2.37. The lowest BCUT2D eigenvalue weighted by atomic mass is 9.94. The highest BCUT2D eigenvalue weighted by Gasteiger charge is 2.39. The monoisotopic (exact) mass is 412 g/mol. The van der Waals surface area contributed by atoms with E-state index in [1.54, 1.807) is 13.8 Å². The van der Waals surface area contributed by atoms with Crippen molar-refractivity contribution < 1.29 is 19.1 Å². The van der Waals surface area contributed by atoms with Gasteiger partial charge < -0.3 is 9.47 Å². The Bertz CT molecular complexity index is 404. The molecule has 0 bridgehead atoms. The van der Waals surface area contributed by atoms with Gasteiger partial charge in [-0.1, -0.05) is 104 Å². The molecule has 0 heterocycles. The molecule has 0 aromatic rings. The summed E-state index contributed by atoms with van der Waals surface area (Å²) in [4.78, 5) is 24.4. The van der Waals surface area contributed by atoms with Crippen molar-refractivity contribution in [3.8, 4) is 0 Å². The standard InChI is InChI=1S/C25H48O4/c1-5-7-9-11-12-13-14-15-16-18-20-22-29-24(27)25(3,4)23(26)28-21-19-17-10-8-6-2/h5-22H2,1-4H3. The fourth-order valence-electron chi connectivity index (χ4n) is 3.25. The lowest BCUT2D eigenvalue weighted by Gasteiger charge is -2.20. The van der Waals surface area contributed by atoms with Gasteiger partial charge in [-0.15, -0.1) is 0 Å². The maximum Gasteiger partial charge on any atom is 0.322 e. The van der Waals surface area contributed by atoms with Crippen LogP contribution in [0.3, 0.4) is 0 Å². The Morgan fingerprint density at radius 3 is 1.10 bits per heavy atom. The number of esters is 2. The van der Waals surface area contributed by atoms with E-state index >= 15 is 0 Å². The molecular formula is C25H48O4. The van der Waals surface area contributed by atoms with Crippen LogP contribution in [0.25, 0.3) is 0 Å². The maximum atomic E-state index is 12.2. The minimum Gasteiger partial charge on any atom is -0.465 e. The molecule has 0 radical (unpaired) electrons. The van der Waals surface area contributed by atoms with Crippen molar-refractivity contribution in [3.63, 3.8) is 0 Å². The number of ether oxygens (including phenoxy) is 2. The number of hydrogen-bond donors (Lipinski definition) is 0. The number of carbonyl (C=O) groups excluding carboxylic acids is 2. The van der Waals surface area contributed by atoms with Gasteiger partial charge in [0.2, 0.25) is 0 Å². The zero-order valence-electron chi connectivity index (χ0n) is 19.9. The second-order valence-corrected chi connectivity index (χ2v) is 8.85. The molecule has 0 spiro atoms. The summed E-state index contributed by atoms with van der Waals surface area (Å²) in [6.07, 6.45) is 19.3. The number of hydrogen-bond acceptors (Lipinski definition) is 4. The highest BCUT2D eigenvalue weighted by atomic mass is 16.6. The molecule has 0 aliphatic rings. The lowest BCUT2D eigenvalue weighted by molar-refractivity contribution is -0.169. The molecule has 0 aromatic heterocycles. The van der Waals surface area contributed by atoms with E-state index in [-0.39, 0.29) is 0 Å². The Balaban J connectivity index is 3.67. The van der Waals surface area contributed by atoms with E-state index in [4.69, 9.17) is 9.47 Å². The van der Waals surface area contributed by atoms with Gasteiger partial charge in [0, 0.05) is 0 Å². The van der Waals surface area contributed by atoms with Crippen molar-refractivity contribution in [1.82, 2.24) is 0 Å². The Morgan fingerprint density at radius 1 is 0.517 bits per heavy atom. The molecule has 0 atom stereocenters. The summed E-state index contributed by atoms with van der Waals surface area (Å²) in [5.41, 5.74) is -1.22. The Kier molecular flexibility index (Phi) is 18.2. The van der Waals surface area contributed by atoms with E-state index in [1.807, 2.05) is 0 Å². The summed E-state index contributed by atoms with van der Waals surface area (Å²) in [5, 5.41) is 0. The number of carbonyl (C=O) groups is 2. The molecule has 0 N–H and O–H groups in total. The van der Waals surface area contributed by atoms with Crippen LogP contribution >= 0.6 is 0 Å². The van der Waals surface area contributed by atoms with Crippen molar-refractivity contribution in [2.75, 3.05) is 13.2 Å². The van der Waals surface area contributed by atoms with Crippen LogP contribution in [-0.4, -0.2) is 25.2 Å². The molecule has 0 aromatic carbocycles. The van der Waals surface area contributed by atoms with E-state index in [9.17, 15) is 9.59 Å². The minimum atomic E-state index is -1.22. The summed E-state index contributed by atoms with van der Waals surface area (Å²) in [6.45, 7) is 8.39. The van der Waals surface area contributed by atoms with Crippen LogP contribution in [0.1, 0.15) is 130 Å². The van der Waals surface area contributed by atoms with Crippen LogP contribution < -0.4 is 0 Å². The van der Waals surface area contributed by atoms with Gasteiger partial charge in [0.15, 0.2) is 5.41 Å². The fraction of sp³-hybridized carbons (Fsp3) is 0.920. The smallest absolute Gasteiger partial charge is 0.322 e. The second-order valence-electron chi connectivity index (χ2n) is 8.85. The van der Waals surface area contributed by atoms with Gasteiger partial charge in [0.25, 0.3) is 0 Å². The summed E-state index contributed by atoms with van der Waals surface area (Å²) < 4.78 is 10.6. The first-order chi connectivity index (χ1) is 14.0. The fourth-order valence-corrected chi connectivity index (χ4v) is 3.25. The van der Waals surface area contributed by atoms with Crippen LogP contribution in [0, 0.1) is 5.41 Å². The Morgan fingerprint density at radius 2 is 0.793 bits per heavy atom. The van der Waals surface area contributed by atoms with Crippen LogP contribution in [0.4, 0.5) is 0 Å². The van der Waals surface area contributed by atoms with Crippen molar-refractivity contribution >= 4 is 11.9 Å². The van der Waals surface area contributed by atoms with Crippen LogP contribution in [0.2, 0.25) is 0 Å². The molecule has 29 heavy (non-hydrogen) atoms. The first-order valence-corrected chi connectivity index (χ1v) is 12.3. The zero-order chi connectivity index (χ0) is 21.8. The first kappa shape index (κ1) is 27.9. The van der Waals surface area contributed by atoms with Gasteiger partial charge in [-0.05, 0) is 26.7 Å². The van der Waals surface area contributed by atoms with E-state index in [0.717, 1.165) is 25.7 Å². The molecule has 4 heteroatoms. The summed E-state index contributed by atoms with van der Waals surface area (Å²) in [5.74, 6) is -0.947. The normalized spacial score (nSPS) is 11.4. The number of unbranched alkanes of at least 4 members (excludes halogenated alkanes) is 14. The second kappa shape index (κ2) is 18.9. The molecule has 0 unspecified atom stereocenters. The Labute approximate surface area is 180 Å². The van der Waals surface area contributed by atoms with Crippen LogP contribution in [0.15, 0.2) is 0 Å². The third-order valence-electron chi connectivity index (χ3n) is 5.48. The van der Waals surface area contributed by atoms with Crippen molar-refractivity contribution in [2.45, 2.75) is 130 Å².